The van der Waals surface area contributed by atoms with E-state index in [1.165, 1.54) is 12.7 Å². The van der Waals surface area contributed by atoms with E-state index in [-0.39, 0.29) is 52.7 Å². The molecule has 5 aliphatic rings. The first kappa shape index (κ1) is 27.6. The predicted octanol–water partition coefficient (Wildman–Crippen LogP) is 4.24. The van der Waals surface area contributed by atoms with Crippen molar-refractivity contribution in [2.45, 2.75) is 105 Å². The molecule has 0 spiro atoms. The number of hydrogen-bond donors (Lipinski definition) is 4. The highest BCUT2D eigenvalue weighted by Gasteiger charge is 2.71. The molecule has 4 fully saturated rings. The molecule has 0 aliphatic heterocycles. The van der Waals surface area contributed by atoms with Crippen molar-refractivity contribution < 1.29 is 30.0 Å². The van der Waals surface area contributed by atoms with E-state index >= 15 is 0 Å². The molecule has 0 saturated heterocycles. The molecule has 0 aromatic heterocycles. The molecule has 0 bridgehead atoms. The van der Waals surface area contributed by atoms with Gasteiger partial charge in [-0.15, -0.1) is 0 Å². The van der Waals surface area contributed by atoms with Crippen molar-refractivity contribution in [3.05, 3.63) is 11.6 Å². The molecule has 5 rings (SSSR count). The highest BCUT2D eigenvalue weighted by Crippen LogP contribution is 2.75. The highest BCUT2D eigenvalue weighted by molar-refractivity contribution is 5.79. The molecule has 4 saturated carbocycles. The summed E-state index contributed by atoms with van der Waals surface area (Å²) >= 11 is 0. The lowest BCUT2D eigenvalue weighted by atomic mass is 9.33. The first-order valence-electron chi connectivity index (χ1n) is 14.6. The summed E-state index contributed by atoms with van der Waals surface area (Å²) < 4.78 is 5.41. The van der Waals surface area contributed by atoms with Crippen molar-refractivity contribution in [2.75, 3.05) is 20.3 Å². The second-order valence-corrected chi connectivity index (χ2v) is 15.0. The van der Waals surface area contributed by atoms with Crippen LogP contribution >= 0.6 is 0 Å². The van der Waals surface area contributed by atoms with Crippen LogP contribution in [0.1, 0.15) is 92.4 Å². The summed E-state index contributed by atoms with van der Waals surface area (Å²) in [5.74, 6) is -0.0352. The van der Waals surface area contributed by atoms with Gasteiger partial charge in [0.1, 0.15) is 0 Å². The Hall–Kier alpha value is -0.950. The fourth-order valence-electron chi connectivity index (χ4n) is 10.9. The standard InChI is InChI=1S/C31H50O6/c1-26(2)13-15-30(25(36)37-6)16-14-28(4)19(23(30)24(26)35)7-8-20-27(3)11-10-22(34)31(17-32,18-33)21(27)9-12-29(20,28)5/h7,20-24,32-35H,8-18H2,1-6H3/t20-,21-,22+,23-,24+,27-,28-,29-,30+/m1/s1. The third kappa shape index (κ3) is 3.22. The average Bonchev–Trinajstić information content (AvgIpc) is 2.87. The number of carbonyl (C=O) groups excluding carboxylic acids is 1. The highest BCUT2D eigenvalue weighted by atomic mass is 16.5. The van der Waals surface area contributed by atoms with E-state index in [1.54, 1.807) is 0 Å². The first-order chi connectivity index (χ1) is 17.2. The van der Waals surface area contributed by atoms with Gasteiger partial charge in [-0.2, -0.15) is 0 Å². The Labute approximate surface area is 222 Å². The molecular formula is C31H50O6. The second kappa shape index (κ2) is 8.52. The number of rotatable bonds is 3. The van der Waals surface area contributed by atoms with Gasteiger partial charge in [-0.25, -0.2) is 0 Å². The molecule has 6 nitrogen and oxygen atoms in total. The Bertz CT molecular complexity index is 969. The summed E-state index contributed by atoms with van der Waals surface area (Å²) in [4.78, 5) is 13.4. The van der Waals surface area contributed by atoms with Crippen LogP contribution in [0.5, 0.6) is 0 Å². The number of esters is 1. The number of aliphatic hydroxyl groups excluding tert-OH is 4. The van der Waals surface area contributed by atoms with Gasteiger partial charge in [-0.3, -0.25) is 4.79 Å². The molecule has 4 N–H and O–H groups in total. The number of fused-ring (bicyclic) bond motifs is 7. The van der Waals surface area contributed by atoms with Gasteiger partial charge in [0.25, 0.3) is 0 Å². The van der Waals surface area contributed by atoms with E-state index in [4.69, 9.17) is 4.74 Å². The van der Waals surface area contributed by atoms with Gasteiger partial charge >= 0.3 is 5.97 Å². The maximum Gasteiger partial charge on any atom is 0.312 e. The van der Waals surface area contributed by atoms with E-state index in [0.29, 0.717) is 12.3 Å². The third-order valence-corrected chi connectivity index (χ3v) is 13.6. The first-order valence-corrected chi connectivity index (χ1v) is 14.6. The number of aliphatic hydroxyl groups is 4. The summed E-state index contributed by atoms with van der Waals surface area (Å²) in [7, 11) is 1.48. The summed E-state index contributed by atoms with van der Waals surface area (Å²) in [6.07, 6.45) is 8.36. The molecule has 6 heteroatoms. The van der Waals surface area contributed by atoms with E-state index in [0.717, 1.165) is 51.4 Å². The Morgan fingerprint density at radius 1 is 0.919 bits per heavy atom. The van der Waals surface area contributed by atoms with Crippen LogP contribution in [0.15, 0.2) is 11.6 Å². The van der Waals surface area contributed by atoms with Crippen LogP contribution in [0.25, 0.3) is 0 Å². The number of hydrogen-bond acceptors (Lipinski definition) is 6. The topological polar surface area (TPSA) is 107 Å². The smallest absolute Gasteiger partial charge is 0.312 e. The van der Waals surface area contributed by atoms with Gasteiger partial charge in [0.2, 0.25) is 0 Å². The lowest BCUT2D eigenvalue weighted by molar-refractivity contribution is -0.233. The quantitative estimate of drug-likeness (QED) is 0.329. The lowest BCUT2D eigenvalue weighted by Crippen LogP contribution is -2.68. The SMILES string of the molecule is COC(=O)[C@]12CCC(C)(C)[C@@H](O)[C@H]1C1=CC[C@@H]3[C@@]4(C)CC[C@H](O)C(CO)(CO)[C@@H]4CC[C@@]3(C)[C@]1(C)CC2. The largest absolute Gasteiger partial charge is 0.469 e. The molecule has 0 radical (unpaired) electrons. The molecule has 0 aromatic carbocycles. The van der Waals surface area contributed by atoms with Gasteiger partial charge in [0, 0.05) is 11.3 Å². The number of allylic oxidation sites excluding steroid dienone is 1. The Balaban J connectivity index is 1.62. The van der Waals surface area contributed by atoms with E-state index < -0.39 is 23.0 Å². The summed E-state index contributed by atoms with van der Waals surface area (Å²) in [5.41, 5.74) is -0.889. The van der Waals surface area contributed by atoms with Crippen molar-refractivity contribution in [3.63, 3.8) is 0 Å². The minimum absolute atomic E-state index is 0.0485. The van der Waals surface area contributed by atoms with Crippen molar-refractivity contribution in [3.8, 4) is 0 Å². The van der Waals surface area contributed by atoms with E-state index in [9.17, 15) is 25.2 Å². The van der Waals surface area contributed by atoms with E-state index in [1.807, 2.05) is 0 Å². The fraction of sp³-hybridized carbons (Fsp3) is 0.903. The normalized spacial score (nSPS) is 50.0. The Morgan fingerprint density at radius 3 is 2.19 bits per heavy atom. The van der Waals surface area contributed by atoms with Gasteiger partial charge in [-0.05, 0) is 91.3 Å². The fourth-order valence-corrected chi connectivity index (χ4v) is 10.9. The maximum absolute atomic E-state index is 13.4. The summed E-state index contributed by atoms with van der Waals surface area (Å²) in [6.45, 7) is 11.0. The van der Waals surface area contributed by atoms with Crippen molar-refractivity contribution in [1.82, 2.24) is 0 Å². The molecule has 0 heterocycles. The molecule has 37 heavy (non-hydrogen) atoms. The van der Waals surface area contributed by atoms with Crippen LogP contribution < -0.4 is 0 Å². The molecule has 0 aromatic rings. The summed E-state index contributed by atoms with van der Waals surface area (Å²) in [5, 5.41) is 43.8. The van der Waals surface area contributed by atoms with Gasteiger partial charge in [0.05, 0.1) is 37.9 Å². The van der Waals surface area contributed by atoms with Gasteiger partial charge < -0.3 is 25.2 Å². The average molecular weight is 519 g/mol. The van der Waals surface area contributed by atoms with Crippen molar-refractivity contribution in [1.29, 1.82) is 0 Å². The zero-order valence-electron chi connectivity index (χ0n) is 23.8. The molecule has 5 aliphatic carbocycles. The number of carbonyl (C=O) groups is 1. The van der Waals surface area contributed by atoms with Crippen LogP contribution in [-0.4, -0.2) is 58.9 Å². The Morgan fingerprint density at radius 2 is 1.57 bits per heavy atom. The Kier molecular flexibility index (Phi) is 6.36. The molecule has 210 valence electrons. The number of methoxy groups -OCH3 is 1. The van der Waals surface area contributed by atoms with Gasteiger partial charge in [-0.1, -0.05) is 46.3 Å². The molecule has 0 unspecified atom stereocenters. The zero-order chi connectivity index (χ0) is 27.2. The third-order valence-electron chi connectivity index (χ3n) is 13.6. The van der Waals surface area contributed by atoms with Crippen LogP contribution in [0.3, 0.4) is 0 Å². The second-order valence-electron chi connectivity index (χ2n) is 15.0. The zero-order valence-corrected chi connectivity index (χ0v) is 23.8. The molecular weight excluding hydrogens is 468 g/mol. The van der Waals surface area contributed by atoms with Crippen molar-refractivity contribution in [2.24, 2.45) is 50.2 Å². The van der Waals surface area contributed by atoms with Crippen LogP contribution in [0, 0.1) is 50.2 Å². The lowest BCUT2D eigenvalue weighted by Gasteiger charge is -2.71. The molecule has 0 amide bonds. The minimum Gasteiger partial charge on any atom is -0.469 e. The van der Waals surface area contributed by atoms with Gasteiger partial charge in [0.15, 0.2) is 0 Å². The van der Waals surface area contributed by atoms with Crippen LogP contribution in [0.4, 0.5) is 0 Å². The minimum atomic E-state index is -0.866. The van der Waals surface area contributed by atoms with Crippen LogP contribution in [0.2, 0.25) is 0 Å². The van der Waals surface area contributed by atoms with Crippen molar-refractivity contribution >= 4 is 5.97 Å². The predicted molar refractivity (Wildman–Crippen MR) is 141 cm³/mol. The molecule has 9 atom stereocenters. The maximum atomic E-state index is 13.4. The van der Waals surface area contributed by atoms with Crippen LogP contribution in [-0.2, 0) is 9.53 Å². The number of ether oxygens (including phenoxy) is 1. The monoisotopic (exact) mass is 518 g/mol. The van der Waals surface area contributed by atoms with E-state index in [2.05, 4.69) is 40.7 Å². The summed E-state index contributed by atoms with van der Waals surface area (Å²) in [6, 6.07) is 0.